The Kier molecular flexibility index (Phi) is 5.59. The van der Waals surface area contributed by atoms with Crippen LogP contribution < -0.4 is 0 Å². The van der Waals surface area contributed by atoms with Crippen molar-refractivity contribution in [2.75, 3.05) is 6.61 Å². The molecule has 0 aliphatic heterocycles. The zero-order valence-corrected chi connectivity index (χ0v) is 11.1. The lowest BCUT2D eigenvalue weighted by molar-refractivity contribution is -0.147. The Balaban J connectivity index is 2.70. The molecule has 0 amide bonds. The second-order valence-electron chi connectivity index (χ2n) is 4.03. The number of rotatable bonds is 5. The van der Waals surface area contributed by atoms with Crippen LogP contribution in [-0.2, 0) is 9.53 Å². The summed E-state index contributed by atoms with van der Waals surface area (Å²) in [5.74, 6) is -0.540. The number of benzene rings is 1. The van der Waals surface area contributed by atoms with Crippen molar-refractivity contribution in [2.45, 2.75) is 32.5 Å². The standard InChI is InChI=1S/C13H17ClO4/c1-3-18-12(16)7-11(15)13(17)9-5-4-8(2)10(14)6-9/h4-6,11,13,15,17H,3,7H2,1-2H3. The van der Waals surface area contributed by atoms with E-state index in [4.69, 9.17) is 16.3 Å². The predicted octanol–water partition coefficient (Wildman–Crippen LogP) is 2.00. The molecule has 0 aliphatic rings. The molecule has 18 heavy (non-hydrogen) atoms. The van der Waals surface area contributed by atoms with Crippen LogP contribution in [0.5, 0.6) is 0 Å². The Bertz CT molecular complexity index is 419. The molecule has 1 rings (SSSR count). The molecule has 0 fully saturated rings. The highest BCUT2D eigenvalue weighted by Crippen LogP contribution is 2.24. The van der Waals surface area contributed by atoms with Gasteiger partial charge >= 0.3 is 5.97 Å². The van der Waals surface area contributed by atoms with E-state index in [1.54, 1.807) is 25.1 Å². The zero-order chi connectivity index (χ0) is 13.7. The molecule has 100 valence electrons. The summed E-state index contributed by atoms with van der Waals surface area (Å²) in [5.41, 5.74) is 1.36. The summed E-state index contributed by atoms with van der Waals surface area (Å²) >= 11 is 5.93. The Morgan fingerprint density at radius 3 is 2.67 bits per heavy atom. The summed E-state index contributed by atoms with van der Waals surface area (Å²) in [7, 11) is 0. The molecule has 2 unspecified atom stereocenters. The van der Waals surface area contributed by atoms with Crippen LogP contribution in [0, 0.1) is 6.92 Å². The Hall–Kier alpha value is -1.10. The van der Waals surface area contributed by atoms with E-state index in [0.717, 1.165) is 5.56 Å². The molecule has 2 atom stereocenters. The van der Waals surface area contributed by atoms with Crippen LogP contribution >= 0.6 is 11.6 Å². The number of aliphatic hydroxyl groups is 2. The molecule has 0 radical (unpaired) electrons. The molecular weight excluding hydrogens is 256 g/mol. The number of carbonyl (C=O) groups excluding carboxylic acids is 1. The number of halogens is 1. The third-order valence-electron chi connectivity index (χ3n) is 2.58. The fraction of sp³-hybridized carbons (Fsp3) is 0.462. The van der Waals surface area contributed by atoms with Gasteiger partial charge in [0, 0.05) is 5.02 Å². The van der Waals surface area contributed by atoms with E-state index in [0.29, 0.717) is 10.6 Å². The Labute approximate surface area is 111 Å². The molecule has 2 N–H and O–H groups in total. The second-order valence-corrected chi connectivity index (χ2v) is 4.44. The van der Waals surface area contributed by atoms with Crippen LogP contribution in [0.2, 0.25) is 5.02 Å². The van der Waals surface area contributed by atoms with Gasteiger partial charge in [-0.1, -0.05) is 23.7 Å². The van der Waals surface area contributed by atoms with Crippen molar-refractivity contribution >= 4 is 17.6 Å². The maximum atomic E-state index is 11.2. The number of aryl methyl sites for hydroxylation is 1. The first-order chi connectivity index (χ1) is 8.45. The first-order valence-corrected chi connectivity index (χ1v) is 6.11. The number of hydrogen-bond acceptors (Lipinski definition) is 4. The Morgan fingerprint density at radius 1 is 1.44 bits per heavy atom. The summed E-state index contributed by atoms with van der Waals surface area (Å²) in [6.07, 6.45) is -2.61. The highest BCUT2D eigenvalue weighted by Gasteiger charge is 2.22. The van der Waals surface area contributed by atoms with Crippen molar-refractivity contribution in [1.82, 2.24) is 0 Å². The predicted molar refractivity (Wildman–Crippen MR) is 68.4 cm³/mol. The maximum absolute atomic E-state index is 11.2. The van der Waals surface area contributed by atoms with Gasteiger partial charge in [-0.25, -0.2) is 0 Å². The minimum Gasteiger partial charge on any atom is -0.466 e. The molecule has 0 heterocycles. The number of hydrogen-bond donors (Lipinski definition) is 2. The van der Waals surface area contributed by atoms with Crippen molar-refractivity contribution in [1.29, 1.82) is 0 Å². The van der Waals surface area contributed by atoms with Gasteiger partial charge in [0.2, 0.25) is 0 Å². The highest BCUT2D eigenvalue weighted by atomic mass is 35.5. The summed E-state index contributed by atoms with van der Waals surface area (Å²) in [4.78, 5) is 11.2. The van der Waals surface area contributed by atoms with E-state index in [2.05, 4.69) is 0 Å². The molecule has 0 saturated carbocycles. The number of aliphatic hydroxyl groups excluding tert-OH is 2. The summed E-state index contributed by atoms with van der Waals surface area (Å²) in [6.45, 7) is 3.77. The number of esters is 1. The van der Waals surface area contributed by atoms with Crippen molar-refractivity contribution in [3.8, 4) is 0 Å². The van der Waals surface area contributed by atoms with Gasteiger partial charge in [0.15, 0.2) is 0 Å². The van der Waals surface area contributed by atoms with Gasteiger partial charge in [-0.15, -0.1) is 0 Å². The minimum atomic E-state index is -1.21. The van der Waals surface area contributed by atoms with Gasteiger partial charge in [-0.05, 0) is 31.0 Å². The molecule has 5 heteroatoms. The quantitative estimate of drug-likeness (QED) is 0.805. The van der Waals surface area contributed by atoms with Crippen LogP contribution in [0.15, 0.2) is 18.2 Å². The van der Waals surface area contributed by atoms with Crippen LogP contribution in [0.3, 0.4) is 0 Å². The molecule has 1 aromatic rings. The Morgan fingerprint density at radius 2 is 2.11 bits per heavy atom. The van der Waals surface area contributed by atoms with Crippen molar-refractivity contribution in [3.63, 3.8) is 0 Å². The van der Waals surface area contributed by atoms with Crippen LogP contribution in [0.4, 0.5) is 0 Å². The summed E-state index contributed by atoms with van der Waals surface area (Å²) in [5, 5.41) is 20.1. The van der Waals surface area contributed by atoms with Gasteiger partial charge in [0.25, 0.3) is 0 Å². The van der Waals surface area contributed by atoms with Crippen molar-refractivity contribution < 1.29 is 19.7 Å². The molecule has 0 aromatic heterocycles. The van der Waals surface area contributed by atoms with E-state index >= 15 is 0 Å². The van der Waals surface area contributed by atoms with Crippen molar-refractivity contribution in [2.24, 2.45) is 0 Å². The number of ether oxygens (including phenoxy) is 1. The highest BCUT2D eigenvalue weighted by molar-refractivity contribution is 6.31. The lowest BCUT2D eigenvalue weighted by atomic mass is 10.0. The third kappa shape index (κ3) is 3.98. The van der Waals surface area contributed by atoms with Crippen LogP contribution in [-0.4, -0.2) is 28.9 Å². The zero-order valence-electron chi connectivity index (χ0n) is 10.4. The first kappa shape index (κ1) is 15.0. The molecule has 0 spiro atoms. The largest absolute Gasteiger partial charge is 0.466 e. The smallest absolute Gasteiger partial charge is 0.308 e. The average molecular weight is 273 g/mol. The van der Waals surface area contributed by atoms with Crippen molar-refractivity contribution in [3.05, 3.63) is 34.3 Å². The maximum Gasteiger partial charge on any atom is 0.308 e. The van der Waals surface area contributed by atoms with Gasteiger partial charge in [0.05, 0.1) is 19.1 Å². The summed E-state index contributed by atoms with van der Waals surface area (Å²) < 4.78 is 4.71. The fourth-order valence-electron chi connectivity index (χ4n) is 1.52. The fourth-order valence-corrected chi connectivity index (χ4v) is 1.71. The topological polar surface area (TPSA) is 66.8 Å². The van der Waals surface area contributed by atoms with E-state index < -0.39 is 18.2 Å². The van der Waals surface area contributed by atoms with Gasteiger partial charge < -0.3 is 14.9 Å². The van der Waals surface area contributed by atoms with E-state index in [1.165, 1.54) is 0 Å². The molecule has 0 bridgehead atoms. The number of carbonyl (C=O) groups is 1. The lowest BCUT2D eigenvalue weighted by Gasteiger charge is -2.18. The molecular formula is C13H17ClO4. The van der Waals surface area contributed by atoms with E-state index in [1.807, 2.05) is 6.92 Å². The van der Waals surface area contributed by atoms with Crippen LogP contribution in [0.25, 0.3) is 0 Å². The molecule has 4 nitrogen and oxygen atoms in total. The normalized spacial score (nSPS) is 14.1. The van der Waals surface area contributed by atoms with E-state index in [-0.39, 0.29) is 13.0 Å². The van der Waals surface area contributed by atoms with Crippen LogP contribution in [0.1, 0.15) is 30.6 Å². The first-order valence-electron chi connectivity index (χ1n) is 5.73. The van der Waals surface area contributed by atoms with E-state index in [9.17, 15) is 15.0 Å². The second kappa shape index (κ2) is 6.73. The molecule has 1 aromatic carbocycles. The monoisotopic (exact) mass is 272 g/mol. The van der Waals surface area contributed by atoms with Gasteiger partial charge in [-0.2, -0.15) is 0 Å². The van der Waals surface area contributed by atoms with Gasteiger partial charge in [-0.3, -0.25) is 4.79 Å². The average Bonchev–Trinajstić information content (AvgIpc) is 2.32. The SMILES string of the molecule is CCOC(=O)CC(O)C(O)c1ccc(C)c(Cl)c1. The lowest BCUT2D eigenvalue weighted by Crippen LogP contribution is -2.23. The minimum absolute atomic E-state index is 0.248. The molecule has 0 saturated heterocycles. The summed E-state index contributed by atoms with van der Waals surface area (Å²) in [6, 6.07) is 4.99. The molecule has 0 aliphatic carbocycles. The third-order valence-corrected chi connectivity index (χ3v) is 2.99. The van der Waals surface area contributed by atoms with Gasteiger partial charge in [0.1, 0.15) is 6.10 Å².